The smallest absolute Gasteiger partial charge is 0.223 e. The molecule has 0 atom stereocenters. The third-order valence-corrected chi connectivity index (χ3v) is 2.59. The normalized spacial score (nSPS) is 10.4. The second-order valence-corrected chi connectivity index (χ2v) is 4.95. The molecule has 1 amide bonds. The number of halogens is 1. The summed E-state index contributed by atoms with van der Waals surface area (Å²) in [4.78, 5) is 22.9. The lowest BCUT2D eigenvalue weighted by Gasteiger charge is -2.11. The van der Waals surface area contributed by atoms with E-state index in [2.05, 4.69) is 5.32 Å². The number of ether oxygens (including phenoxy) is 1. The van der Waals surface area contributed by atoms with Crippen LogP contribution in [0.1, 0.15) is 37.6 Å². The zero-order valence-corrected chi connectivity index (χ0v) is 12.1. The molecule has 5 heteroatoms. The molecule has 1 N–H and O–H groups in total. The van der Waals surface area contributed by atoms with E-state index in [-0.39, 0.29) is 30.8 Å². The molecule has 0 saturated heterocycles. The number of hydrogen-bond donors (Lipinski definition) is 1. The Labute approximate surface area is 118 Å². The molecule has 1 rings (SSSR count). The molecule has 1 aromatic carbocycles. The number of nitrogens with one attached hydrogen (secondary N) is 1. The Morgan fingerprint density at radius 2 is 2.05 bits per heavy atom. The highest BCUT2D eigenvalue weighted by Crippen LogP contribution is 2.23. The Bertz CT molecular complexity index is 472. The van der Waals surface area contributed by atoms with Gasteiger partial charge in [-0.05, 0) is 39.0 Å². The van der Waals surface area contributed by atoms with Crippen LogP contribution in [0.2, 0.25) is 5.02 Å². The van der Waals surface area contributed by atoms with E-state index >= 15 is 0 Å². The van der Waals surface area contributed by atoms with Gasteiger partial charge in [-0.1, -0.05) is 11.6 Å². The number of carbonyl (C=O) groups excluding carboxylic acids is 2. The van der Waals surface area contributed by atoms with Crippen LogP contribution in [0.25, 0.3) is 0 Å². The SMILES string of the molecule is CC(=O)c1cc(Cl)ccc1OCCC(=O)NC(C)C. The summed E-state index contributed by atoms with van der Waals surface area (Å²) in [5.74, 6) is 0.256. The third kappa shape index (κ3) is 5.30. The zero-order valence-electron chi connectivity index (χ0n) is 11.3. The molecule has 0 fully saturated rings. The Morgan fingerprint density at radius 3 is 2.63 bits per heavy atom. The molecule has 4 nitrogen and oxygen atoms in total. The average molecular weight is 284 g/mol. The van der Waals surface area contributed by atoms with Crippen molar-refractivity contribution in [1.29, 1.82) is 0 Å². The summed E-state index contributed by atoms with van der Waals surface area (Å²) in [7, 11) is 0. The molecule has 0 heterocycles. The minimum Gasteiger partial charge on any atom is -0.492 e. The van der Waals surface area contributed by atoms with Gasteiger partial charge in [-0.2, -0.15) is 0 Å². The molecule has 0 unspecified atom stereocenters. The molecule has 19 heavy (non-hydrogen) atoms. The lowest BCUT2D eigenvalue weighted by Crippen LogP contribution is -2.31. The van der Waals surface area contributed by atoms with E-state index in [1.54, 1.807) is 18.2 Å². The molecule has 0 aliphatic heterocycles. The standard InChI is InChI=1S/C14H18ClNO3/c1-9(2)16-14(18)6-7-19-13-5-4-11(15)8-12(13)10(3)17/h4-5,8-9H,6-7H2,1-3H3,(H,16,18). The Kier molecular flexibility index (Phi) is 5.83. The van der Waals surface area contributed by atoms with Gasteiger partial charge in [0.15, 0.2) is 5.78 Å². The van der Waals surface area contributed by atoms with Crippen LogP contribution in [-0.2, 0) is 4.79 Å². The van der Waals surface area contributed by atoms with E-state index in [4.69, 9.17) is 16.3 Å². The molecular formula is C14H18ClNO3. The van der Waals surface area contributed by atoms with Crippen molar-refractivity contribution in [2.45, 2.75) is 33.2 Å². The quantitative estimate of drug-likeness (QED) is 0.817. The topological polar surface area (TPSA) is 55.4 Å². The maximum atomic E-state index is 11.4. The fraction of sp³-hybridized carbons (Fsp3) is 0.429. The number of carbonyl (C=O) groups is 2. The van der Waals surface area contributed by atoms with Crippen LogP contribution >= 0.6 is 11.6 Å². The molecule has 0 spiro atoms. The second kappa shape index (κ2) is 7.14. The van der Waals surface area contributed by atoms with E-state index in [9.17, 15) is 9.59 Å². The molecule has 104 valence electrons. The minimum absolute atomic E-state index is 0.0756. The predicted molar refractivity (Wildman–Crippen MR) is 74.8 cm³/mol. The summed E-state index contributed by atoms with van der Waals surface area (Å²) in [6.07, 6.45) is 0.248. The summed E-state index contributed by atoms with van der Waals surface area (Å²) in [6, 6.07) is 4.96. The van der Waals surface area contributed by atoms with Crippen molar-refractivity contribution >= 4 is 23.3 Å². The molecule has 0 aromatic heterocycles. The number of rotatable bonds is 6. The van der Waals surface area contributed by atoms with Gasteiger partial charge in [0.1, 0.15) is 5.75 Å². The number of hydrogen-bond acceptors (Lipinski definition) is 3. The van der Waals surface area contributed by atoms with Crippen molar-refractivity contribution in [1.82, 2.24) is 5.32 Å². The minimum atomic E-state index is -0.121. The van der Waals surface area contributed by atoms with Gasteiger partial charge < -0.3 is 10.1 Å². The Morgan fingerprint density at radius 1 is 1.37 bits per heavy atom. The Balaban J connectivity index is 2.58. The van der Waals surface area contributed by atoms with E-state index in [1.807, 2.05) is 13.8 Å². The van der Waals surface area contributed by atoms with Crippen LogP contribution in [0.5, 0.6) is 5.75 Å². The molecule has 0 aliphatic rings. The van der Waals surface area contributed by atoms with Crippen LogP contribution in [-0.4, -0.2) is 24.3 Å². The van der Waals surface area contributed by atoms with Crippen molar-refractivity contribution < 1.29 is 14.3 Å². The van der Waals surface area contributed by atoms with Crippen LogP contribution in [0.15, 0.2) is 18.2 Å². The molecule has 0 bridgehead atoms. The van der Waals surface area contributed by atoms with E-state index in [0.717, 1.165) is 0 Å². The van der Waals surface area contributed by atoms with Crippen LogP contribution in [0.4, 0.5) is 0 Å². The first kappa shape index (κ1) is 15.5. The molecule has 1 aromatic rings. The van der Waals surface area contributed by atoms with Crippen LogP contribution in [0.3, 0.4) is 0 Å². The first-order valence-electron chi connectivity index (χ1n) is 6.12. The van der Waals surface area contributed by atoms with Gasteiger partial charge >= 0.3 is 0 Å². The van der Waals surface area contributed by atoms with Gasteiger partial charge in [0.2, 0.25) is 5.91 Å². The summed E-state index contributed by atoms with van der Waals surface area (Å²) in [6.45, 7) is 5.46. The fourth-order valence-electron chi connectivity index (χ4n) is 1.55. The van der Waals surface area contributed by atoms with Crippen LogP contribution < -0.4 is 10.1 Å². The van der Waals surface area contributed by atoms with Crippen LogP contribution in [0, 0.1) is 0 Å². The first-order valence-corrected chi connectivity index (χ1v) is 6.50. The van der Waals surface area contributed by atoms with E-state index in [0.29, 0.717) is 16.3 Å². The van der Waals surface area contributed by atoms with Crippen molar-refractivity contribution in [3.63, 3.8) is 0 Å². The maximum absolute atomic E-state index is 11.4. The molecular weight excluding hydrogens is 266 g/mol. The highest BCUT2D eigenvalue weighted by molar-refractivity contribution is 6.31. The lowest BCUT2D eigenvalue weighted by atomic mass is 10.1. The van der Waals surface area contributed by atoms with E-state index < -0.39 is 0 Å². The summed E-state index contributed by atoms with van der Waals surface area (Å²) in [5, 5.41) is 3.25. The van der Waals surface area contributed by atoms with E-state index in [1.165, 1.54) is 6.92 Å². The van der Waals surface area contributed by atoms with Gasteiger partial charge in [-0.25, -0.2) is 0 Å². The van der Waals surface area contributed by atoms with Gasteiger partial charge in [0.25, 0.3) is 0 Å². The fourth-order valence-corrected chi connectivity index (χ4v) is 1.72. The molecule has 0 saturated carbocycles. The van der Waals surface area contributed by atoms with Gasteiger partial charge in [0, 0.05) is 11.1 Å². The first-order chi connectivity index (χ1) is 8.90. The number of ketones is 1. The third-order valence-electron chi connectivity index (χ3n) is 2.36. The van der Waals surface area contributed by atoms with Gasteiger partial charge in [-0.3, -0.25) is 9.59 Å². The van der Waals surface area contributed by atoms with Crippen molar-refractivity contribution in [2.24, 2.45) is 0 Å². The highest BCUT2D eigenvalue weighted by Gasteiger charge is 2.10. The van der Waals surface area contributed by atoms with Gasteiger partial charge in [-0.15, -0.1) is 0 Å². The monoisotopic (exact) mass is 283 g/mol. The number of amides is 1. The van der Waals surface area contributed by atoms with Crippen molar-refractivity contribution in [3.05, 3.63) is 28.8 Å². The zero-order chi connectivity index (χ0) is 14.4. The average Bonchev–Trinajstić information content (AvgIpc) is 2.29. The highest BCUT2D eigenvalue weighted by atomic mass is 35.5. The number of benzene rings is 1. The largest absolute Gasteiger partial charge is 0.492 e. The maximum Gasteiger partial charge on any atom is 0.223 e. The van der Waals surface area contributed by atoms with Gasteiger partial charge in [0.05, 0.1) is 18.6 Å². The summed E-state index contributed by atoms with van der Waals surface area (Å²) >= 11 is 5.83. The van der Waals surface area contributed by atoms with Crippen molar-refractivity contribution in [3.8, 4) is 5.75 Å². The molecule has 0 radical (unpaired) electrons. The summed E-state index contributed by atoms with van der Waals surface area (Å²) in [5.41, 5.74) is 0.428. The summed E-state index contributed by atoms with van der Waals surface area (Å²) < 4.78 is 5.47. The predicted octanol–water partition coefficient (Wildman–Crippen LogP) is 2.84. The molecule has 0 aliphatic carbocycles. The Hall–Kier alpha value is -1.55. The lowest BCUT2D eigenvalue weighted by molar-refractivity contribution is -0.122. The van der Waals surface area contributed by atoms with Crippen molar-refractivity contribution in [2.75, 3.05) is 6.61 Å². The second-order valence-electron chi connectivity index (χ2n) is 4.52. The number of Topliss-reactive ketones (excluding diaryl/α,β-unsaturated/α-hetero) is 1.